The molecule has 0 saturated carbocycles. The summed E-state index contributed by atoms with van der Waals surface area (Å²) >= 11 is 5.77. The summed E-state index contributed by atoms with van der Waals surface area (Å²) in [6.45, 7) is 2.38. The predicted molar refractivity (Wildman–Crippen MR) is 78.5 cm³/mol. The van der Waals surface area contributed by atoms with Gasteiger partial charge in [0.1, 0.15) is 5.75 Å². The van der Waals surface area contributed by atoms with Crippen molar-refractivity contribution in [1.29, 1.82) is 0 Å². The topological polar surface area (TPSA) is 66.8 Å². The fourth-order valence-corrected chi connectivity index (χ4v) is 2.52. The Morgan fingerprint density at radius 2 is 2.05 bits per heavy atom. The zero-order valence-corrected chi connectivity index (χ0v) is 12.6. The van der Waals surface area contributed by atoms with E-state index in [0.29, 0.717) is 30.2 Å². The predicted octanol–water partition coefficient (Wildman–Crippen LogP) is 2.43. The van der Waals surface area contributed by atoms with Gasteiger partial charge in [-0.25, -0.2) is 0 Å². The lowest BCUT2D eigenvalue weighted by Gasteiger charge is -2.37. The lowest BCUT2D eigenvalue weighted by molar-refractivity contribution is -0.153. The monoisotopic (exact) mass is 311 g/mol. The number of amides is 1. The lowest BCUT2D eigenvalue weighted by Crippen LogP contribution is -2.49. The molecule has 1 aliphatic rings. The number of hydrogen-bond acceptors (Lipinski definition) is 3. The van der Waals surface area contributed by atoms with Crippen molar-refractivity contribution in [2.24, 2.45) is 5.41 Å². The number of aliphatic carboxylic acids is 1. The molecule has 1 aliphatic heterocycles. The number of nitrogens with zero attached hydrogens (tertiary/aromatic N) is 1. The number of rotatable bonds is 4. The molecular weight excluding hydrogens is 294 g/mol. The van der Waals surface area contributed by atoms with E-state index in [0.717, 1.165) is 0 Å². The van der Waals surface area contributed by atoms with E-state index in [1.54, 1.807) is 36.1 Å². The second-order valence-corrected chi connectivity index (χ2v) is 5.96. The van der Waals surface area contributed by atoms with E-state index in [2.05, 4.69) is 0 Å². The summed E-state index contributed by atoms with van der Waals surface area (Å²) in [6.07, 6.45) is 1.28. The Labute approximate surface area is 128 Å². The third-order valence-electron chi connectivity index (χ3n) is 3.74. The minimum absolute atomic E-state index is 0.0999. The molecule has 1 aromatic rings. The van der Waals surface area contributed by atoms with Gasteiger partial charge < -0.3 is 14.7 Å². The highest BCUT2D eigenvalue weighted by Crippen LogP contribution is 2.29. The maximum Gasteiger partial charge on any atom is 0.311 e. The number of benzene rings is 1. The van der Waals surface area contributed by atoms with Crippen molar-refractivity contribution in [3.05, 3.63) is 29.3 Å². The number of carbonyl (C=O) groups excluding carboxylic acids is 1. The Hall–Kier alpha value is -1.75. The minimum atomic E-state index is -0.867. The van der Waals surface area contributed by atoms with Gasteiger partial charge in [-0.1, -0.05) is 11.6 Å². The number of carboxylic acids is 1. The van der Waals surface area contributed by atoms with Crippen molar-refractivity contribution in [3.8, 4) is 5.75 Å². The second kappa shape index (κ2) is 6.35. The number of ether oxygens (including phenoxy) is 1. The Morgan fingerprint density at radius 3 is 2.67 bits per heavy atom. The van der Waals surface area contributed by atoms with Crippen molar-refractivity contribution in [1.82, 2.24) is 4.90 Å². The van der Waals surface area contributed by atoms with E-state index in [4.69, 9.17) is 16.3 Å². The molecule has 0 aliphatic carbocycles. The lowest BCUT2D eigenvalue weighted by atomic mass is 9.82. The Kier molecular flexibility index (Phi) is 4.73. The second-order valence-electron chi connectivity index (χ2n) is 5.53. The fraction of sp³-hybridized carbons (Fsp3) is 0.467. The number of piperidine rings is 1. The molecule has 1 aromatic carbocycles. The van der Waals surface area contributed by atoms with Crippen LogP contribution in [0, 0.1) is 5.41 Å². The molecule has 1 atom stereocenters. The van der Waals surface area contributed by atoms with Crippen LogP contribution in [0.1, 0.15) is 19.8 Å². The van der Waals surface area contributed by atoms with Crippen LogP contribution < -0.4 is 4.74 Å². The van der Waals surface area contributed by atoms with Gasteiger partial charge >= 0.3 is 5.97 Å². The molecule has 1 N–H and O–H groups in total. The molecule has 6 heteroatoms. The minimum Gasteiger partial charge on any atom is -0.484 e. The van der Waals surface area contributed by atoms with Crippen LogP contribution in [0.2, 0.25) is 5.02 Å². The van der Waals surface area contributed by atoms with Crippen molar-refractivity contribution in [2.75, 3.05) is 19.7 Å². The highest BCUT2D eigenvalue weighted by atomic mass is 35.5. The summed E-state index contributed by atoms with van der Waals surface area (Å²) in [6, 6.07) is 6.74. The normalized spacial score (nSPS) is 21.9. The molecule has 0 radical (unpaired) electrons. The van der Waals surface area contributed by atoms with Gasteiger partial charge in [-0.05, 0) is 44.0 Å². The molecule has 1 saturated heterocycles. The largest absolute Gasteiger partial charge is 0.484 e. The van der Waals surface area contributed by atoms with E-state index in [1.807, 2.05) is 0 Å². The molecule has 0 bridgehead atoms. The van der Waals surface area contributed by atoms with E-state index >= 15 is 0 Å². The van der Waals surface area contributed by atoms with Gasteiger partial charge in [0.25, 0.3) is 5.91 Å². The van der Waals surface area contributed by atoms with Crippen LogP contribution >= 0.6 is 11.6 Å². The first-order chi connectivity index (χ1) is 9.90. The third kappa shape index (κ3) is 3.88. The Balaban J connectivity index is 1.91. The molecule has 114 valence electrons. The van der Waals surface area contributed by atoms with Gasteiger partial charge in [-0.3, -0.25) is 9.59 Å². The summed E-state index contributed by atoms with van der Waals surface area (Å²) in [5, 5.41) is 9.85. The van der Waals surface area contributed by atoms with Crippen LogP contribution in [0.5, 0.6) is 5.75 Å². The van der Waals surface area contributed by atoms with Crippen molar-refractivity contribution in [3.63, 3.8) is 0 Å². The molecule has 1 heterocycles. The maximum absolute atomic E-state index is 12.1. The van der Waals surface area contributed by atoms with Crippen LogP contribution in [-0.2, 0) is 9.59 Å². The molecule has 21 heavy (non-hydrogen) atoms. The van der Waals surface area contributed by atoms with Crippen LogP contribution in [0.15, 0.2) is 24.3 Å². The maximum atomic E-state index is 12.1. The number of hydrogen-bond donors (Lipinski definition) is 1. The molecule has 5 nitrogen and oxygen atoms in total. The first-order valence-electron chi connectivity index (χ1n) is 6.80. The summed E-state index contributed by atoms with van der Waals surface area (Å²) in [5.74, 6) is -0.499. The summed E-state index contributed by atoms with van der Waals surface area (Å²) < 4.78 is 5.41. The fourth-order valence-electron chi connectivity index (χ4n) is 2.39. The SMILES string of the molecule is CC1(C(=O)O)CCCN(C(=O)COc2ccc(Cl)cc2)C1. The van der Waals surface area contributed by atoms with Gasteiger partial charge in [0.2, 0.25) is 0 Å². The van der Waals surface area contributed by atoms with Crippen LogP contribution in [0.25, 0.3) is 0 Å². The van der Waals surface area contributed by atoms with Crippen LogP contribution in [0.3, 0.4) is 0 Å². The molecule has 1 fully saturated rings. The molecule has 2 rings (SSSR count). The molecule has 1 amide bonds. The van der Waals surface area contributed by atoms with Gasteiger partial charge in [0.15, 0.2) is 6.61 Å². The van der Waals surface area contributed by atoms with Gasteiger partial charge in [-0.2, -0.15) is 0 Å². The van der Waals surface area contributed by atoms with E-state index in [-0.39, 0.29) is 19.1 Å². The number of halogens is 1. The summed E-state index contributed by atoms with van der Waals surface area (Å²) in [7, 11) is 0. The van der Waals surface area contributed by atoms with Crippen molar-refractivity contribution in [2.45, 2.75) is 19.8 Å². The Bertz CT molecular complexity index is 531. The standard InChI is InChI=1S/C15H18ClNO4/c1-15(14(19)20)7-2-8-17(10-15)13(18)9-21-12-5-3-11(16)4-6-12/h3-6H,2,7-10H2,1H3,(H,19,20). The molecular formula is C15H18ClNO4. The quantitative estimate of drug-likeness (QED) is 0.927. The van der Waals surface area contributed by atoms with E-state index in [9.17, 15) is 14.7 Å². The summed E-state index contributed by atoms with van der Waals surface area (Å²) in [5.41, 5.74) is -0.867. The molecule has 0 aromatic heterocycles. The summed E-state index contributed by atoms with van der Waals surface area (Å²) in [4.78, 5) is 25.0. The third-order valence-corrected chi connectivity index (χ3v) is 3.99. The van der Waals surface area contributed by atoms with E-state index < -0.39 is 11.4 Å². The first kappa shape index (κ1) is 15.6. The van der Waals surface area contributed by atoms with Gasteiger partial charge in [0, 0.05) is 18.1 Å². The average molecular weight is 312 g/mol. The number of carboxylic acid groups (broad SMARTS) is 1. The number of likely N-dealkylation sites (tertiary alicyclic amines) is 1. The molecule has 0 spiro atoms. The number of carbonyl (C=O) groups is 2. The first-order valence-corrected chi connectivity index (χ1v) is 7.18. The van der Waals surface area contributed by atoms with Crippen LogP contribution in [-0.4, -0.2) is 41.6 Å². The smallest absolute Gasteiger partial charge is 0.311 e. The highest BCUT2D eigenvalue weighted by Gasteiger charge is 2.39. The van der Waals surface area contributed by atoms with E-state index in [1.165, 1.54) is 0 Å². The van der Waals surface area contributed by atoms with Crippen molar-refractivity contribution >= 4 is 23.5 Å². The van der Waals surface area contributed by atoms with Crippen molar-refractivity contribution < 1.29 is 19.4 Å². The van der Waals surface area contributed by atoms with Gasteiger partial charge in [-0.15, -0.1) is 0 Å². The Morgan fingerprint density at radius 1 is 1.38 bits per heavy atom. The zero-order chi connectivity index (χ0) is 15.5. The highest BCUT2D eigenvalue weighted by molar-refractivity contribution is 6.30. The van der Waals surface area contributed by atoms with Gasteiger partial charge in [0.05, 0.1) is 5.41 Å². The van der Waals surface area contributed by atoms with Crippen LogP contribution in [0.4, 0.5) is 0 Å². The average Bonchev–Trinajstić information content (AvgIpc) is 2.46. The molecule has 1 unspecified atom stereocenters. The zero-order valence-electron chi connectivity index (χ0n) is 11.8.